The van der Waals surface area contributed by atoms with Gasteiger partial charge in [-0.1, -0.05) is 45.0 Å². The highest BCUT2D eigenvalue weighted by Gasteiger charge is 2.59. The zero-order valence-electron chi connectivity index (χ0n) is 25.2. The number of benzene rings is 1. The molecule has 0 aliphatic carbocycles. The van der Waals surface area contributed by atoms with Gasteiger partial charge in [-0.3, -0.25) is 4.79 Å². The van der Waals surface area contributed by atoms with Crippen LogP contribution in [0.25, 0.3) is 10.9 Å². The summed E-state index contributed by atoms with van der Waals surface area (Å²) in [4.78, 5) is 40.2. The van der Waals surface area contributed by atoms with Crippen LogP contribution in [0.4, 0.5) is 5.82 Å². The van der Waals surface area contributed by atoms with Crippen LogP contribution in [0.5, 0.6) is 5.88 Å². The van der Waals surface area contributed by atoms with E-state index in [0.717, 1.165) is 28.5 Å². The second-order valence-corrected chi connectivity index (χ2v) is 12.4. The number of para-hydroxylation sites is 1. The minimum absolute atomic E-state index is 0.290. The first kappa shape index (κ1) is 29.7. The molecule has 5 atom stereocenters. The highest BCUT2D eigenvalue weighted by Crippen LogP contribution is 2.50. The third-order valence-electron chi connectivity index (χ3n) is 8.42. The lowest BCUT2D eigenvalue weighted by Gasteiger charge is -2.35. The average Bonchev–Trinajstić information content (AvgIpc) is 3.62. The maximum absolute atomic E-state index is 14.2. The van der Waals surface area contributed by atoms with Crippen molar-refractivity contribution in [3.8, 4) is 5.88 Å². The number of hydrogen-bond donors (Lipinski definition) is 2. The number of carboxylic acid groups (broad SMARTS) is 1. The Kier molecular flexibility index (Phi) is 8.39. The molecule has 42 heavy (non-hydrogen) atoms. The summed E-state index contributed by atoms with van der Waals surface area (Å²) in [7, 11) is 5.40. The quantitative estimate of drug-likeness (QED) is 0.410. The van der Waals surface area contributed by atoms with Crippen LogP contribution in [0.15, 0.2) is 48.7 Å². The summed E-state index contributed by atoms with van der Waals surface area (Å²) in [5.41, 5.74) is 1.98. The number of carbonyl (C=O) groups excluding carboxylic acids is 1. The molecular formula is C32H41N5O5. The predicted molar refractivity (Wildman–Crippen MR) is 160 cm³/mol. The van der Waals surface area contributed by atoms with E-state index in [1.807, 2.05) is 82.2 Å². The molecule has 10 heteroatoms. The van der Waals surface area contributed by atoms with Gasteiger partial charge in [0.1, 0.15) is 18.0 Å². The molecule has 2 saturated heterocycles. The molecule has 2 aromatic heterocycles. The molecule has 0 bridgehead atoms. The summed E-state index contributed by atoms with van der Waals surface area (Å²) in [5.74, 6) is -0.582. The molecule has 1 aromatic carbocycles. The van der Waals surface area contributed by atoms with Crippen LogP contribution in [0.3, 0.4) is 0 Å². The number of carbonyl (C=O) groups is 2. The number of amides is 1. The lowest BCUT2D eigenvalue weighted by Crippen LogP contribution is -2.50. The molecule has 4 heterocycles. The van der Waals surface area contributed by atoms with Gasteiger partial charge in [0.05, 0.1) is 18.7 Å². The first-order valence-corrected chi connectivity index (χ1v) is 14.5. The standard InChI is InChI=1S/C32H41N5O5/c1-32(2,3)24-25(34-18-20-17-19-11-7-8-13-22(19)35-29(20)41-6)26(21-12-9-15-33-28(21)36(4)5)37(27(24)31(39)40)30(38)23-14-10-16-42-23/h7-9,11-13,15,17,23-27,34H,10,14,16,18H2,1-6H3,(H,39,40)/t23-,24-,25-,26-,27-/m0/s1. The van der Waals surface area contributed by atoms with Gasteiger partial charge in [-0.2, -0.15) is 0 Å². The van der Waals surface area contributed by atoms with Crippen molar-refractivity contribution >= 4 is 28.6 Å². The van der Waals surface area contributed by atoms with Gasteiger partial charge in [0.15, 0.2) is 0 Å². The molecule has 3 aromatic rings. The van der Waals surface area contributed by atoms with E-state index in [2.05, 4.69) is 10.3 Å². The molecule has 2 aliphatic heterocycles. The van der Waals surface area contributed by atoms with Gasteiger partial charge in [0.2, 0.25) is 5.88 Å². The first-order valence-electron chi connectivity index (χ1n) is 14.5. The minimum atomic E-state index is -1.07. The van der Waals surface area contributed by atoms with E-state index >= 15 is 0 Å². The van der Waals surface area contributed by atoms with Gasteiger partial charge in [-0.15, -0.1) is 0 Å². The van der Waals surface area contributed by atoms with Gasteiger partial charge >= 0.3 is 5.97 Å². The second kappa shape index (κ2) is 11.9. The fourth-order valence-corrected chi connectivity index (χ4v) is 6.68. The summed E-state index contributed by atoms with van der Waals surface area (Å²) in [5, 5.41) is 15.4. The van der Waals surface area contributed by atoms with Crippen molar-refractivity contribution in [2.24, 2.45) is 11.3 Å². The number of nitrogens with one attached hydrogen (secondary N) is 1. The van der Waals surface area contributed by atoms with E-state index in [-0.39, 0.29) is 5.91 Å². The van der Waals surface area contributed by atoms with Crippen molar-refractivity contribution in [1.82, 2.24) is 20.2 Å². The van der Waals surface area contributed by atoms with Crippen molar-refractivity contribution in [3.05, 3.63) is 59.8 Å². The molecule has 2 N–H and O–H groups in total. The van der Waals surface area contributed by atoms with E-state index in [1.54, 1.807) is 18.2 Å². The Bertz CT molecular complexity index is 1450. The molecule has 0 spiro atoms. The molecule has 2 fully saturated rings. The van der Waals surface area contributed by atoms with E-state index < -0.39 is 41.5 Å². The lowest BCUT2D eigenvalue weighted by atomic mass is 9.72. The number of hydrogen-bond acceptors (Lipinski definition) is 8. The largest absolute Gasteiger partial charge is 0.481 e. The molecular weight excluding hydrogens is 534 g/mol. The Labute approximate surface area is 247 Å². The fourth-order valence-electron chi connectivity index (χ4n) is 6.68. The number of pyridine rings is 2. The Morgan fingerprint density at radius 3 is 2.60 bits per heavy atom. The molecule has 10 nitrogen and oxygen atoms in total. The third kappa shape index (κ3) is 5.53. The maximum Gasteiger partial charge on any atom is 0.326 e. The smallest absolute Gasteiger partial charge is 0.326 e. The fraction of sp³-hybridized carbons (Fsp3) is 0.500. The number of methoxy groups -OCH3 is 1. The third-order valence-corrected chi connectivity index (χ3v) is 8.42. The Morgan fingerprint density at radius 2 is 1.95 bits per heavy atom. The average molecular weight is 576 g/mol. The van der Waals surface area contributed by atoms with Gasteiger partial charge in [0.25, 0.3) is 5.91 Å². The van der Waals surface area contributed by atoms with E-state index in [4.69, 9.17) is 14.5 Å². The maximum atomic E-state index is 14.2. The SMILES string of the molecule is COc1nc2ccccc2cc1CN[C@H]1[C@H](C(C)(C)C)[C@@H](C(=O)O)N(C(=O)[C@@H]2CCCO2)[C@H]1c1cccnc1N(C)C. The van der Waals surface area contributed by atoms with Gasteiger partial charge < -0.3 is 29.7 Å². The summed E-state index contributed by atoms with van der Waals surface area (Å²) in [6.07, 6.45) is 2.38. The number of aliphatic carboxylic acids is 1. The molecule has 0 saturated carbocycles. The number of aromatic nitrogens is 2. The topological polar surface area (TPSA) is 117 Å². The van der Waals surface area contributed by atoms with E-state index in [1.165, 1.54) is 0 Å². The minimum Gasteiger partial charge on any atom is -0.481 e. The van der Waals surface area contributed by atoms with E-state index in [9.17, 15) is 14.7 Å². The normalized spacial score (nSPS) is 24.2. The summed E-state index contributed by atoms with van der Waals surface area (Å²) in [6, 6.07) is 11.6. The van der Waals surface area contributed by atoms with Crippen molar-refractivity contribution < 1.29 is 24.2 Å². The van der Waals surface area contributed by atoms with E-state index in [0.29, 0.717) is 31.3 Å². The van der Waals surface area contributed by atoms with Crippen LogP contribution >= 0.6 is 0 Å². The number of nitrogens with zero attached hydrogens (tertiary/aromatic N) is 4. The number of ether oxygens (including phenoxy) is 2. The van der Waals surface area contributed by atoms with Crippen LogP contribution in [-0.2, 0) is 20.9 Å². The van der Waals surface area contributed by atoms with Crippen molar-refractivity contribution in [1.29, 1.82) is 0 Å². The highest BCUT2D eigenvalue weighted by atomic mass is 16.5. The summed E-state index contributed by atoms with van der Waals surface area (Å²) < 4.78 is 11.5. The second-order valence-electron chi connectivity index (χ2n) is 12.4. The first-order chi connectivity index (χ1) is 20.0. The van der Waals surface area contributed by atoms with Crippen molar-refractivity contribution in [2.45, 2.75) is 64.4 Å². The summed E-state index contributed by atoms with van der Waals surface area (Å²) >= 11 is 0. The molecule has 224 valence electrons. The Hall–Kier alpha value is -3.76. The molecule has 5 rings (SSSR count). The zero-order valence-corrected chi connectivity index (χ0v) is 25.2. The van der Waals surface area contributed by atoms with Crippen LogP contribution in [-0.4, -0.2) is 77.9 Å². The number of fused-ring (bicyclic) bond motifs is 1. The molecule has 2 aliphatic rings. The zero-order chi connectivity index (χ0) is 30.2. The van der Waals surface area contributed by atoms with Crippen LogP contribution in [0.1, 0.15) is 50.8 Å². The van der Waals surface area contributed by atoms with Crippen molar-refractivity contribution in [3.63, 3.8) is 0 Å². The Morgan fingerprint density at radius 1 is 1.19 bits per heavy atom. The number of rotatable bonds is 8. The van der Waals surface area contributed by atoms with Crippen LogP contribution in [0.2, 0.25) is 0 Å². The molecule has 0 radical (unpaired) electrons. The highest BCUT2D eigenvalue weighted by molar-refractivity contribution is 5.88. The van der Waals surface area contributed by atoms with Gasteiger partial charge in [0, 0.05) is 61.9 Å². The lowest BCUT2D eigenvalue weighted by molar-refractivity contribution is -0.156. The van der Waals surface area contributed by atoms with Crippen molar-refractivity contribution in [2.75, 3.05) is 32.7 Å². The summed E-state index contributed by atoms with van der Waals surface area (Å²) in [6.45, 7) is 6.96. The van der Waals surface area contributed by atoms with Crippen LogP contribution < -0.4 is 15.0 Å². The predicted octanol–water partition coefficient (Wildman–Crippen LogP) is 4.04. The number of carboxylic acids is 1. The van der Waals surface area contributed by atoms with Gasteiger partial charge in [-0.25, -0.2) is 14.8 Å². The monoisotopic (exact) mass is 575 g/mol. The molecule has 1 amide bonds. The number of anilines is 1. The van der Waals surface area contributed by atoms with Crippen LogP contribution in [0, 0.1) is 11.3 Å². The van der Waals surface area contributed by atoms with Gasteiger partial charge in [-0.05, 0) is 36.5 Å². The molecule has 0 unspecified atom stereocenters. The number of likely N-dealkylation sites (tertiary alicyclic amines) is 1. The Balaban J connectivity index is 1.65.